The molecular formula is C14H26IN5O2S2. The van der Waals surface area contributed by atoms with Crippen LogP contribution in [0.2, 0.25) is 0 Å². The molecule has 7 nitrogen and oxygen atoms in total. The maximum atomic E-state index is 11.4. The molecule has 138 valence electrons. The van der Waals surface area contributed by atoms with E-state index >= 15 is 0 Å². The van der Waals surface area contributed by atoms with Crippen LogP contribution in [0.1, 0.15) is 15.6 Å². The standard InChI is InChI=1S/C14H25N5O2S2.HI/c1-11-12(2)22-13(18-11)10-17-14(15-3)16-4-5-19-6-8-23(20,21)9-7-19;/h4-10H2,1-3H3,(H2,15,16,17);1H. The van der Waals surface area contributed by atoms with Gasteiger partial charge in [-0.1, -0.05) is 0 Å². The van der Waals surface area contributed by atoms with Gasteiger partial charge in [0.2, 0.25) is 0 Å². The highest BCUT2D eigenvalue weighted by molar-refractivity contribution is 14.0. The number of aliphatic imine (C=N–C) groups is 1. The summed E-state index contributed by atoms with van der Waals surface area (Å²) in [6.07, 6.45) is 0. The molecule has 1 fully saturated rings. The Morgan fingerprint density at radius 3 is 2.50 bits per heavy atom. The van der Waals surface area contributed by atoms with Crippen molar-refractivity contribution in [3.8, 4) is 0 Å². The minimum atomic E-state index is -2.81. The van der Waals surface area contributed by atoms with Gasteiger partial charge in [-0.25, -0.2) is 13.4 Å². The van der Waals surface area contributed by atoms with Crippen LogP contribution in [-0.4, -0.2) is 69.0 Å². The third-order valence-electron chi connectivity index (χ3n) is 3.86. The molecule has 2 N–H and O–H groups in total. The van der Waals surface area contributed by atoms with E-state index in [2.05, 4.69) is 32.4 Å². The molecule has 1 aromatic rings. The smallest absolute Gasteiger partial charge is 0.191 e. The molecule has 2 heterocycles. The van der Waals surface area contributed by atoms with Crippen molar-refractivity contribution >= 4 is 51.1 Å². The van der Waals surface area contributed by atoms with Crippen LogP contribution in [0.5, 0.6) is 0 Å². The summed E-state index contributed by atoms with van der Waals surface area (Å²) < 4.78 is 22.8. The number of halogens is 1. The molecular weight excluding hydrogens is 461 g/mol. The van der Waals surface area contributed by atoms with Gasteiger partial charge in [0.05, 0.1) is 23.7 Å². The number of hydrogen-bond acceptors (Lipinski definition) is 6. The highest BCUT2D eigenvalue weighted by Gasteiger charge is 2.20. The highest BCUT2D eigenvalue weighted by Crippen LogP contribution is 2.15. The molecule has 1 saturated heterocycles. The van der Waals surface area contributed by atoms with E-state index < -0.39 is 9.84 Å². The molecule has 0 spiro atoms. The van der Waals surface area contributed by atoms with E-state index in [9.17, 15) is 8.42 Å². The van der Waals surface area contributed by atoms with Crippen molar-refractivity contribution in [2.45, 2.75) is 20.4 Å². The van der Waals surface area contributed by atoms with E-state index in [0.29, 0.717) is 19.6 Å². The van der Waals surface area contributed by atoms with Gasteiger partial charge >= 0.3 is 0 Å². The first kappa shape index (κ1) is 21.6. The van der Waals surface area contributed by atoms with Crippen LogP contribution in [0.3, 0.4) is 0 Å². The maximum Gasteiger partial charge on any atom is 0.191 e. The topological polar surface area (TPSA) is 86.7 Å². The second-order valence-corrected chi connectivity index (χ2v) is 9.19. The molecule has 10 heteroatoms. The minimum Gasteiger partial charge on any atom is -0.355 e. The number of rotatable bonds is 5. The lowest BCUT2D eigenvalue weighted by Crippen LogP contribution is -2.45. The predicted molar refractivity (Wildman–Crippen MR) is 110 cm³/mol. The second-order valence-electron chi connectivity index (χ2n) is 5.60. The molecule has 0 aromatic carbocycles. The Kier molecular flexibility index (Phi) is 8.88. The lowest BCUT2D eigenvalue weighted by Gasteiger charge is -2.26. The monoisotopic (exact) mass is 487 g/mol. The van der Waals surface area contributed by atoms with E-state index in [1.54, 1.807) is 18.4 Å². The molecule has 0 unspecified atom stereocenters. The Morgan fingerprint density at radius 1 is 1.29 bits per heavy atom. The molecule has 0 atom stereocenters. The fourth-order valence-electron chi connectivity index (χ4n) is 2.30. The van der Waals surface area contributed by atoms with Crippen molar-refractivity contribution in [3.63, 3.8) is 0 Å². The van der Waals surface area contributed by atoms with E-state index in [0.717, 1.165) is 29.8 Å². The van der Waals surface area contributed by atoms with E-state index in [1.165, 1.54) is 4.88 Å². The highest BCUT2D eigenvalue weighted by atomic mass is 127. The Bertz CT molecular complexity index is 627. The van der Waals surface area contributed by atoms with Crippen molar-refractivity contribution in [1.29, 1.82) is 0 Å². The number of guanidine groups is 1. The van der Waals surface area contributed by atoms with Gasteiger partial charge < -0.3 is 10.6 Å². The molecule has 24 heavy (non-hydrogen) atoms. The normalized spacial score (nSPS) is 18.0. The fourth-order valence-corrected chi connectivity index (χ4v) is 4.45. The summed E-state index contributed by atoms with van der Waals surface area (Å²) >= 11 is 1.69. The largest absolute Gasteiger partial charge is 0.355 e. The average molecular weight is 487 g/mol. The van der Waals surface area contributed by atoms with Crippen molar-refractivity contribution in [3.05, 3.63) is 15.6 Å². The van der Waals surface area contributed by atoms with Gasteiger partial charge in [0.1, 0.15) is 5.01 Å². The lowest BCUT2D eigenvalue weighted by molar-refractivity contribution is 0.299. The maximum absolute atomic E-state index is 11.4. The molecule has 0 radical (unpaired) electrons. The van der Waals surface area contributed by atoms with Crippen LogP contribution < -0.4 is 10.6 Å². The molecule has 0 saturated carbocycles. The third kappa shape index (κ3) is 6.81. The zero-order chi connectivity index (χ0) is 16.9. The van der Waals surface area contributed by atoms with Crippen LogP contribution in [0.15, 0.2) is 4.99 Å². The first-order chi connectivity index (χ1) is 10.9. The summed E-state index contributed by atoms with van der Waals surface area (Å²) in [6, 6.07) is 0. The Morgan fingerprint density at radius 2 is 1.96 bits per heavy atom. The Labute approximate surface area is 165 Å². The predicted octanol–water partition coefficient (Wildman–Crippen LogP) is 0.773. The number of aromatic nitrogens is 1. The van der Waals surface area contributed by atoms with Gasteiger partial charge in [-0.2, -0.15) is 0 Å². The molecule has 2 rings (SSSR count). The number of nitrogens with zero attached hydrogens (tertiary/aromatic N) is 3. The first-order valence-corrected chi connectivity index (χ1v) is 10.3. The first-order valence-electron chi connectivity index (χ1n) is 7.70. The summed E-state index contributed by atoms with van der Waals surface area (Å²) in [5.74, 6) is 1.27. The number of hydrogen-bond donors (Lipinski definition) is 2. The van der Waals surface area contributed by atoms with Crippen LogP contribution in [-0.2, 0) is 16.4 Å². The summed E-state index contributed by atoms with van der Waals surface area (Å²) in [5, 5.41) is 7.55. The third-order valence-corrected chi connectivity index (χ3v) is 6.54. The van der Waals surface area contributed by atoms with E-state index in [4.69, 9.17) is 0 Å². The van der Waals surface area contributed by atoms with Gasteiger partial charge in [-0.3, -0.25) is 9.89 Å². The van der Waals surface area contributed by atoms with Crippen LogP contribution in [0.4, 0.5) is 0 Å². The molecule has 0 bridgehead atoms. The number of nitrogens with one attached hydrogen (secondary N) is 2. The van der Waals surface area contributed by atoms with Crippen molar-refractivity contribution in [2.24, 2.45) is 4.99 Å². The molecule has 0 amide bonds. The zero-order valence-electron chi connectivity index (χ0n) is 14.3. The van der Waals surface area contributed by atoms with Gasteiger partial charge in [0.25, 0.3) is 0 Å². The fraction of sp³-hybridized carbons (Fsp3) is 0.714. The molecule has 1 aliphatic rings. The van der Waals surface area contributed by atoms with Gasteiger partial charge in [-0.05, 0) is 13.8 Å². The molecule has 0 aliphatic carbocycles. The Balaban J connectivity index is 0.00000288. The number of thiazole rings is 1. The van der Waals surface area contributed by atoms with E-state index in [1.807, 2.05) is 6.92 Å². The minimum absolute atomic E-state index is 0. The van der Waals surface area contributed by atoms with Crippen molar-refractivity contribution in [2.75, 3.05) is 44.7 Å². The number of aryl methyl sites for hydroxylation is 2. The zero-order valence-corrected chi connectivity index (χ0v) is 18.3. The SMILES string of the molecule is CN=C(NCCN1CCS(=O)(=O)CC1)NCc1nc(C)c(C)s1.I. The van der Waals surface area contributed by atoms with Crippen LogP contribution >= 0.6 is 35.3 Å². The quantitative estimate of drug-likeness (QED) is 0.363. The van der Waals surface area contributed by atoms with Gasteiger partial charge in [-0.15, -0.1) is 35.3 Å². The van der Waals surface area contributed by atoms with Crippen molar-refractivity contribution < 1.29 is 8.42 Å². The lowest BCUT2D eigenvalue weighted by atomic mass is 10.4. The summed E-state index contributed by atoms with van der Waals surface area (Å²) in [7, 11) is -1.07. The van der Waals surface area contributed by atoms with Crippen LogP contribution in [0.25, 0.3) is 0 Å². The molecule has 1 aromatic heterocycles. The summed E-state index contributed by atoms with van der Waals surface area (Å²) in [5.41, 5.74) is 1.08. The second kappa shape index (κ2) is 9.88. The Hall–Kier alpha value is -0.460. The van der Waals surface area contributed by atoms with Crippen LogP contribution in [0, 0.1) is 13.8 Å². The summed E-state index contributed by atoms with van der Waals surface area (Å²) in [4.78, 5) is 12.1. The van der Waals surface area contributed by atoms with Gasteiger partial charge in [0.15, 0.2) is 15.8 Å². The number of sulfone groups is 1. The van der Waals surface area contributed by atoms with Crippen molar-refractivity contribution in [1.82, 2.24) is 20.5 Å². The average Bonchev–Trinajstić information content (AvgIpc) is 2.83. The molecule has 1 aliphatic heterocycles. The van der Waals surface area contributed by atoms with E-state index in [-0.39, 0.29) is 35.5 Å². The summed E-state index contributed by atoms with van der Waals surface area (Å²) in [6.45, 7) is 7.52. The van der Waals surface area contributed by atoms with Gasteiger partial charge in [0, 0.05) is 38.1 Å².